The quantitative estimate of drug-likeness (QED) is 0.301. The van der Waals surface area contributed by atoms with Crippen LogP contribution in [0.25, 0.3) is 0 Å². The van der Waals surface area contributed by atoms with Crippen molar-refractivity contribution in [3.8, 4) is 0 Å². The summed E-state index contributed by atoms with van der Waals surface area (Å²) >= 11 is 0. The van der Waals surface area contributed by atoms with Gasteiger partial charge in [-0.15, -0.1) is 0 Å². The molecule has 0 atom stereocenters. The van der Waals surface area contributed by atoms with Crippen molar-refractivity contribution in [1.29, 1.82) is 5.41 Å². The molecule has 29 heavy (non-hydrogen) atoms. The SMILES string of the molecule is CC(=N)/C(C(C)=O)=C(/O)COC(=O)c1ccc(S(=O)(=O)N2CCC(C)CC2)cc1. The van der Waals surface area contributed by atoms with Gasteiger partial charge in [0.1, 0.15) is 12.4 Å². The number of allylic oxidation sites excluding steroid dienone is 1. The Bertz CT molecular complexity index is 910. The number of benzene rings is 1. The number of ketones is 1. The van der Waals surface area contributed by atoms with Crippen molar-refractivity contribution in [1.82, 2.24) is 4.31 Å². The molecular formula is C20H26N2O6S. The van der Waals surface area contributed by atoms with Crippen LogP contribution in [0.15, 0.2) is 40.5 Å². The minimum Gasteiger partial charge on any atom is -0.508 e. The second kappa shape index (κ2) is 9.32. The largest absolute Gasteiger partial charge is 0.508 e. The molecule has 0 amide bonds. The van der Waals surface area contributed by atoms with Crippen LogP contribution in [0.2, 0.25) is 0 Å². The van der Waals surface area contributed by atoms with Crippen molar-refractivity contribution in [2.24, 2.45) is 5.92 Å². The smallest absolute Gasteiger partial charge is 0.338 e. The van der Waals surface area contributed by atoms with E-state index in [0.29, 0.717) is 19.0 Å². The topological polar surface area (TPSA) is 125 Å². The number of nitrogens with zero attached hydrogens (tertiary/aromatic N) is 1. The zero-order valence-corrected chi connectivity index (χ0v) is 17.6. The first kappa shape index (κ1) is 22.8. The normalized spacial score (nSPS) is 16.8. The summed E-state index contributed by atoms with van der Waals surface area (Å²) in [5.41, 5.74) is -0.220. The van der Waals surface area contributed by atoms with Gasteiger partial charge in [0.25, 0.3) is 0 Å². The lowest BCUT2D eigenvalue weighted by Crippen LogP contribution is -2.37. The van der Waals surface area contributed by atoms with E-state index >= 15 is 0 Å². The van der Waals surface area contributed by atoms with E-state index in [-0.39, 0.29) is 21.7 Å². The molecule has 2 N–H and O–H groups in total. The average Bonchev–Trinajstić information content (AvgIpc) is 2.66. The number of nitrogens with one attached hydrogen (secondary N) is 1. The number of rotatable bonds is 7. The number of aliphatic hydroxyl groups excluding tert-OH is 1. The Kier molecular flexibility index (Phi) is 7.32. The van der Waals surface area contributed by atoms with E-state index in [1.807, 2.05) is 0 Å². The van der Waals surface area contributed by atoms with Crippen LogP contribution < -0.4 is 0 Å². The van der Waals surface area contributed by atoms with Gasteiger partial charge in [0.2, 0.25) is 10.0 Å². The first-order valence-corrected chi connectivity index (χ1v) is 10.7. The molecule has 0 bridgehead atoms. The summed E-state index contributed by atoms with van der Waals surface area (Å²) in [6.07, 6.45) is 1.64. The van der Waals surface area contributed by atoms with E-state index in [0.717, 1.165) is 12.8 Å². The van der Waals surface area contributed by atoms with Crippen LogP contribution in [0.3, 0.4) is 0 Å². The zero-order chi connectivity index (χ0) is 21.8. The van der Waals surface area contributed by atoms with E-state index < -0.39 is 34.1 Å². The van der Waals surface area contributed by atoms with Crippen LogP contribution in [0.5, 0.6) is 0 Å². The van der Waals surface area contributed by atoms with E-state index in [1.165, 1.54) is 42.4 Å². The van der Waals surface area contributed by atoms with Gasteiger partial charge in [0, 0.05) is 18.8 Å². The molecular weight excluding hydrogens is 396 g/mol. The predicted octanol–water partition coefficient (Wildman–Crippen LogP) is 2.70. The van der Waals surface area contributed by atoms with Gasteiger partial charge >= 0.3 is 5.97 Å². The molecule has 0 spiro atoms. The highest BCUT2D eigenvalue weighted by Crippen LogP contribution is 2.23. The third-order valence-corrected chi connectivity index (χ3v) is 6.74. The maximum absolute atomic E-state index is 12.7. The van der Waals surface area contributed by atoms with Crippen molar-refractivity contribution in [3.63, 3.8) is 0 Å². The van der Waals surface area contributed by atoms with Gasteiger partial charge in [-0.3, -0.25) is 4.79 Å². The summed E-state index contributed by atoms with van der Waals surface area (Å²) in [6.45, 7) is 5.04. The predicted molar refractivity (Wildman–Crippen MR) is 108 cm³/mol. The van der Waals surface area contributed by atoms with Crippen LogP contribution in [0.4, 0.5) is 0 Å². The monoisotopic (exact) mass is 422 g/mol. The van der Waals surface area contributed by atoms with Gasteiger partial charge in [-0.05, 0) is 56.9 Å². The molecule has 1 heterocycles. The van der Waals surface area contributed by atoms with Crippen LogP contribution >= 0.6 is 0 Å². The van der Waals surface area contributed by atoms with Crippen molar-refractivity contribution >= 4 is 27.5 Å². The number of carbonyl (C=O) groups excluding carboxylic acids is 2. The Morgan fingerprint density at radius 3 is 2.21 bits per heavy atom. The number of sulfonamides is 1. The molecule has 9 heteroatoms. The van der Waals surface area contributed by atoms with Gasteiger partial charge < -0.3 is 15.3 Å². The lowest BCUT2D eigenvalue weighted by molar-refractivity contribution is -0.113. The average molecular weight is 423 g/mol. The second-order valence-corrected chi connectivity index (χ2v) is 9.13. The van der Waals surface area contributed by atoms with Crippen LogP contribution in [-0.2, 0) is 19.6 Å². The maximum atomic E-state index is 12.7. The molecule has 1 fully saturated rings. The van der Waals surface area contributed by atoms with E-state index in [4.69, 9.17) is 10.1 Å². The Hall–Kier alpha value is -2.52. The number of hydrogen-bond donors (Lipinski definition) is 2. The van der Waals surface area contributed by atoms with Crippen LogP contribution in [0.1, 0.15) is 44.0 Å². The molecule has 0 radical (unpaired) electrons. The van der Waals surface area contributed by atoms with Gasteiger partial charge in [-0.25, -0.2) is 13.2 Å². The van der Waals surface area contributed by atoms with Crippen molar-refractivity contribution in [2.75, 3.05) is 19.7 Å². The Morgan fingerprint density at radius 2 is 1.72 bits per heavy atom. The van der Waals surface area contributed by atoms with Gasteiger partial charge in [-0.1, -0.05) is 6.92 Å². The molecule has 0 aliphatic carbocycles. The number of esters is 1. The Morgan fingerprint density at radius 1 is 1.17 bits per heavy atom. The highest BCUT2D eigenvalue weighted by molar-refractivity contribution is 7.89. The number of Topliss-reactive ketones (excluding diaryl/α,β-unsaturated/α-hetero) is 1. The standard InChI is InChI=1S/C20H26N2O6S/c1-13-8-10-22(11-9-13)29(26,27)17-6-4-16(5-7-17)20(25)28-12-18(24)19(14(2)21)15(3)23/h4-7,13,21,24H,8-12H2,1-3H3/b19-18-,21-14?. The third-order valence-electron chi connectivity index (χ3n) is 4.83. The second-order valence-electron chi connectivity index (χ2n) is 7.19. The van der Waals surface area contributed by atoms with Crippen molar-refractivity contribution in [3.05, 3.63) is 41.2 Å². The maximum Gasteiger partial charge on any atom is 0.338 e. The van der Waals surface area contributed by atoms with E-state index in [2.05, 4.69) is 6.92 Å². The number of carbonyl (C=O) groups is 2. The fourth-order valence-corrected chi connectivity index (χ4v) is 4.58. The number of piperidine rings is 1. The molecule has 8 nitrogen and oxygen atoms in total. The number of aliphatic hydroxyl groups is 1. The molecule has 1 aromatic carbocycles. The first-order chi connectivity index (χ1) is 13.5. The third kappa shape index (κ3) is 5.51. The van der Waals surface area contributed by atoms with E-state index in [9.17, 15) is 23.1 Å². The number of hydrogen-bond acceptors (Lipinski definition) is 7. The zero-order valence-electron chi connectivity index (χ0n) is 16.8. The summed E-state index contributed by atoms with van der Waals surface area (Å²) in [6, 6.07) is 5.39. The first-order valence-electron chi connectivity index (χ1n) is 9.30. The molecule has 2 rings (SSSR count). The number of ether oxygens (including phenoxy) is 1. The highest BCUT2D eigenvalue weighted by Gasteiger charge is 2.28. The fraction of sp³-hybridized carbons (Fsp3) is 0.450. The molecule has 0 unspecified atom stereocenters. The van der Waals surface area contributed by atoms with Crippen LogP contribution in [-0.4, -0.2) is 55.0 Å². The van der Waals surface area contributed by atoms with Crippen LogP contribution in [0, 0.1) is 11.3 Å². The minimum atomic E-state index is -3.61. The van der Waals surface area contributed by atoms with Crippen molar-refractivity contribution in [2.45, 2.75) is 38.5 Å². The highest BCUT2D eigenvalue weighted by atomic mass is 32.2. The summed E-state index contributed by atoms with van der Waals surface area (Å²) in [7, 11) is -3.61. The molecule has 158 valence electrons. The summed E-state index contributed by atoms with van der Waals surface area (Å²) in [5.74, 6) is -1.29. The van der Waals surface area contributed by atoms with Gasteiger partial charge in [-0.2, -0.15) is 4.31 Å². The fourth-order valence-electron chi connectivity index (χ4n) is 3.11. The molecule has 0 aromatic heterocycles. The van der Waals surface area contributed by atoms with E-state index in [1.54, 1.807) is 0 Å². The van der Waals surface area contributed by atoms with Gasteiger partial charge in [0.05, 0.1) is 16.0 Å². The molecule has 1 aliphatic rings. The lowest BCUT2D eigenvalue weighted by Gasteiger charge is -2.29. The molecule has 0 saturated carbocycles. The summed E-state index contributed by atoms with van der Waals surface area (Å²) in [5, 5.41) is 17.4. The minimum absolute atomic E-state index is 0.102. The molecule has 1 aromatic rings. The lowest BCUT2D eigenvalue weighted by atomic mass is 10.0. The Labute approximate surface area is 170 Å². The van der Waals surface area contributed by atoms with Crippen molar-refractivity contribution < 1.29 is 27.9 Å². The Balaban J connectivity index is 2.08. The summed E-state index contributed by atoms with van der Waals surface area (Å²) < 4.78 is 31.8. The molecule has 1 saturated heterocycles. The summed E-state index contributed by atoms with van der Waals surface area (Å²) in [4.78, 5) is 23.7. The molecule has 1 aliphatic heterocycles. The van der Waals surface area contributed by atoms with Gasteiger partial charge in [0.15, 0.2) is 5.78 Å².